The molecular weight excluding hydrogens is 274 g/mol. The summed E-state index contributed by atoms with van der Waals surface area (Å²) in [5.41, 5.74) is 1.13. The second kappa shape index (κ2) is 5.74. The zero-order valence-electron chi connectivity index (χ0n) is 11.6. The lowest BCUT2D eigenvalue weighted by Gasteiger charge is -2.11. The Morgan fingerprint density at radius 1 is 1.40 bits per heavy atom. The zero-order valence-corrected chi connectivity index (χ0v) is 12.4. The Kier molecular flexibility index (Phi) is 3.81. The molecule has 20 heavy (non-hydrogen) atoms. The van der Waals surface area contributed by atoms with E-state index in [1.54, 1.807) is 6.33 Å². The Balaban J connectivity index is 1.91. The van der Waals surface area contributed by atoms with Crippen LogP contribution in [-0.4, -0.2) is 37.2 Å². The van der Waals surface area contributed by atoms with Crippen LogP contribution in [0.4, 0.5) is 5.82 Å². The molecule has 2 heterocycles. The highest BCUT2D eigenvalue weighted by Gasteiger charge is 2.28. The van der Waals surface area contributed by atoms with Gasteiger partial charge in [0.1, 0.15) is 17.2 Å². The normalized spacial score (nSPS) is 14.5. The summed E-state index contributed by atoms with van der Waals surface area (Å²) >= 11 is 1.52. The molecule has 7 nitrogen and oxygen atoms in total. The van der Waals surface area contributed by atoms with Gasteiger partial charge in [0.2, 0.25) is 5.16 Å². The second-order valence-electron chi connectivity index (χ2n) is 4.75. The van der Waals surface area contributed by atoms with E-state index in [1.807, 2.05) is 11.7 Å². The van der Waals surface area contributed by atoms with E-state index in [1.165, 1.54) is 11.8 Å². The molecule has 0 amide bonds. The van der Waals surface area contributed by atoms with Gasteiger partial charge >= 0.3 is 0 Å². The summed E-state index contributed by atoms with van der Waals surface area (Å²) in [5.74, 6) is 0.884. The molecule has 0 bridgehead atoms. The van der Waals surface area contributed by atoms with Crippen LogP contribution in [0.2, 0.25) is 0 Å². The Morgan fingerprint density at radius 2 is 2.25 bits per heavy atom. The van der Waals surface area contributed by atoms with Crippen LogP contribution in [0.5, 0.6) is 0 Å². The average Bonchev–Trinajstić information content (AvgIpc) is 3.21. The third kappa shape index (κ3) is 2.60. The largest absolute Gasteiger partial charge is 0.373 e. The van der Waals surface area contributed by atoms with E-state index in [-0.39, 0.29) is 0 Å². The first-order valence-electron chi connectivity index (χ1n) is 6.80. The number of anilines is 1. The standard InChI is InChI=1S/C12H17N7S/c1-3-4-9-10(13-2)14-7-15-11(9)20-12-16-17-18-19(12)8-5-6-8/h7-8H,3-6H2,1-2H3,(H,13,14,15). The molecule has 106 valence electrons. The summed E-state index contributed by atoms with van der Waals surface area (Å²) in [5, 5.41) is 16.8. The first-order chi connectivity index (χ1) is 9.83. The van der Waals surface area contributed by atoms with Crippen LogP contribution in [0.25, 0.3) is 0 Å². The van der Waals surface area contributed by atoms with Crippen molar-refractivity contribution in [2.45, 2.75) is 48.8 Å². The van der Waals surface area contributed by atoms with Crippen molar-refractivity contribution in [1.82, 2.24) is 30.2 Å². The second-order valence-corrected chi connectivity index (χ2v) is 5.70. The van der Waals surface area contributed by atoms with E-state index in [9.17, 15) is 0 Å². The fourth-order valence-electron chi connectivity index (χ4n) is 2.06. The fourth-order valence-corrected chi connectivity index (χ4v) is 3.01. The van der Waals surface area contributed by atoms with Crippen molar-refractivity contribution in [2.75, 3.05) is 12.4 Å². The molecule has 0 spiro atoms. The van der Waals surface area contributed by atoms with E-state index in [2.05, 4.69) is 37.7 Å². The van der Waals surface area contributed by atoms with E-state index in [0.29, 0.717) is 6.04 Å². The molecule has 1 aliphatic rings. The molecule has 2 aromatic rings. The van der Waals surface area contributed by atoms with Gasteiger partial charge in [-0.3, -0.25) is 0 Å². The minimum atomic E-state index is 0.465. The summed E-state index contributed by atoms with van der Waals surface area (Å²) in [6.45, 7) is 2.15. The molecule has 1 fully saturated rings. The Hall–Kier alpha value is -1.70. The number of rotatable bonds is 6. The molecule has 0 aliphatic heterocycles. The van der Waals surface area contributed by atoms with E-state index < -0.39 is 0 Å². The van der Waals surface area contributed by atoms with Gasteiger partial charge in [-0.1, -0.05) is 13.3 Å². The van der Waals surface area contributed by atoms with Gasteiger partial charge in [0.15, 0.2) is 0 Å². The van der Waals surface area contributed by atoms with Gasteiger partial charge in [0.25, 0.3) is 0 Å². The molecule has 1 saturated carbocycles. The lowest BCUT2D eigenvalue weighted by Crippen LogP contribution is -2.04. The van der Waals surface area contributed by atoms with Crippen LogP contribution in [0.15, 0.2) is 16.5 Å². The van der Waals surface area contributed by atoms with Gasteiger partial charge in [0.05, 0.1) is 6.04 Å². The molecule has 0 aromatic carbocycles. The maximum atomic E-state index is 4.40. The minimum Gasteiger partial charge on any atom is -0.373 e. The third-order valence-electron chi connectivity index (χ3n) is 3.19. The summed E-state index contributed by atoms with van der Waals surface area (Å²) in [7, 11) is 1.88. The Bertz CT molecular complexity index is 593. The van der Waals surface area contributed by atoms with Crippen molar-refractivity contribution in [3.05, 3.63) is 11.9 Å². The lowest BCUT2D eigenvalue weighted by molar-refractivity contribution is 0.565. The number of hydrogen-bond acceptors (Lipinski definition) is 7. The SMILES string of the molecule is CCCc1c(NC)ncnc1Sc1nnnn1C1CC1. The third-order valence-corrected chi connectivity index (χ3v) is 4.18. The Labute approximate surface area is 121 Å². The van der Waals surface area contributed by atoms with Crippen LogP contribution in [-0.2, 0) is 6.42 Å². The summed E-state index contributed by atoms with van der Waals surface area (Å²) in [4.78, 5) is 8.69. The highest BCUT2D eigenvalue weighted by Crippen LogP contribution is 2.38. The molecule has 2 aromatic heterocycles. The van der Waals surface area contributed by atoms with E-state index >= 15 is 0 Å². The fraction of sp³-hybridized carbons (Fsp3) is 0.583. The van der Waals surface area contributed by atoms with Gasteiger partial charge in [0, 0.05) is 12.6 Å². The lowest BCUT2D eigenvalue weighted by atomic mass is 10.2. The highest BCUT2D eigenvalue weighted by molar-refractivity contribution is 7.99. The van der Waals surface area contributed by atoms with Crippen molar-refractivity contribution in [3.8, 4) is 0 Å². The van der Waals surface area contributed by atoms with E-state index in [4.69, 9.17) is 0 Å². The number of nitrogens with one attached hydrogen (secondary N) is 1. The van der Waals surface area contributed by atoms with Crippen molar-refractivity contribution < 1.29 is 0 Å². The molecule has 0 saturated heterocycles. The van der Waals surface area contributed by atoms with Crippen LogP contribution in [0, 0.1) is 0 Å². The molecule has 8 heteroatoms. The number of tetrazole rings is 1. The van der Waals surface area contributed by atoms with Gasteiger partial charge in [-0.05, 0) is 41.5 Å². The number of nitrogens with zero attached hydrogens (tertiary/aromatic N) is 6. The van der Waals surface area contributed by atoms with Crippen molar-refractivity contribution >= 4 is 17.6 Å². The van der Waals surface area contributed by atoms with E-state index in [0.717, 1.165) is 47.2 Å². The highest BCUT2D eigenvalue weighted by atomic mass is 32.2. The van der Waals surface area contributed by atoms with Crippen LogP contribution in [0.3, 0.4) is 0 Å². The van der Waals surface area contributed by atoms with Gasteiger partial charge in [-0.2, -0.15) is 0 Å². The molecule has 0 radical (unpaired) electrons. The van der Waals surface area contributed by atoms with Crippen molar-refractivity contribution in [3.63, 3.8) is 0 Å². The molecule has 0 unspecified atom stereocenters. The topological polar surface area (TPSA) is 81.4 Å². The van der Waals surface area contributed by atoms with Gasteiger partial charge < -0.3 is 5.32 Å². The molecular formula is C12H17N7S. The molecule has 1 aliphatic carbocycles. The number of hydrogen-bond donors (Lipinski definition) is 1. The average molecular weight is 291 g/mol. The summed E-state index contributed by atoms with van der Waals surface area (Å²) in [6.07, 6.45) is 5.88. The number of aromatic nitrogens is 6. The smallest absolute Gasteiger partial charge is 0.215 e. The predicted molar refractivity (Wildman–Crippen MR) is 75.8 cm³/mol. The van der Waals surface area contributed by atoms with Crippen LogP contribution < -0.4 is 5.32 Å². The predicted octanol–water partition coefficient (Wildman–Crippen LogP) is 1.94. The maximum absolute atomic E-state index is 4.40. The minimum absolute atomic E-state index is 0.465. The first kappa shape index (κ1) is 13.3. The molecule has 3 rings (SSSR count). The summed E-state index contributed by atoms with van der Waals surface area (Å²) < 4.78 is 1.90. The Morgan fingerprint density at radius 3 is 2.95 bits per heavy atom. The molecule has 1 N–H and O–H groups in total. The molecule has 0 atom stereocenters. The van der Waals surface area contributed by atoms with Crippen LogP contribution in [0.1, 0.15) is 37.8 Å². The van der Waals surface area contributed by atoms with Gasteiger partial charge in [-0.15, -0.1) is 5.10 Å². The van der Waals surface area contributed by atoms with Gasteiger partial charge in [-0.25, -0.2) is 14.6 Å². The summed E-state index contributed by atoms with van der Waals surface area (Å²) in [6, 6.07) is 0.465. The maximum Gasteiger partial charge on any atom is 0.215 e. The monoisotopic (exact) mass is 291 g/mol. The zero-order chi connectivity index (χ0) is 13.9. The van der Waals surface area contributed by atoms with Crippen molar-refractivity contribution in [2.24, 2.45) is 0 Å². The first-order valence-corrected chi connectivity index (χ1v) is 7.62. The van der Waals surface area contributed by atoms with Crippen LogP contribution >= 0.6 is 11.8 Å². The quantitative estimate of drug-likeness (QED) is 0.814. The van der Waals surface area contributed by atoms with Crippen molar-refractivity contribution in [1.29, 1.82) is 0 Å².